The lowest BCUT2D eigenvalue weighted by molar-refractivity contribution is -0.118. The number of thiophene rings is 1. The molecule has 0 atom stereocenters. The maximum Gasteiger partial charge on any atom is 0.262 e. The van der Waals surface area contributed by atoms with Crippen LogP contribution in [0.15, 0.2) is 33.8 Å². The van der Waals surface area contributed by atoms with Crippen LogP contribution in [-0.4, -0.2) is 22.5 Å². The molecule has 1 aliphatic rings. The second kappa shape index (κ2) is 7.97. The van der Waals surface area contributed by atoms with Crippen molar-refractivity contribution in [2.45, 2.75) is 38.6 Å². The Hall–Kier alpha value is -1.70. The summed E-state index contributed by atoms with van der Waals surface area (Å²) in [6.45, 7) is 0.295. The van der Waals surface area contributed by atoms with Crippen LogP contribution in [0.2, 0.25) is 5.02 Å². The molecule has 0 bridgehead atoms. The molecule has 0 radical (unpaired) electrons. The Labute approximate surface area is 180 Å². The Bertz CT molecular complexity index is 1120. The van der Waals surface area contributed by atoms with Gasteiger partial charge in [0.25, 0.3) is 5.56 Å². The van der Waals surface area contributed by atoms with E-state index in [0.29, 0.717) is 17.3 Å². The van der Waals surface area contributed by atoms with Crippen LogP contribution in [0.4, 0.5) is 5.69 Å². The number of hydrogen-bond donors (Lipinski definition) is 0. The van der Waals surface area contributed by atoms with Gasteiger partial charge in [0.1, 0.15) is 4.83 Å². The molecule has 2 aromatic heterocycles. The lowest BCUT2D eigenvalue weighted by Crippen LogP contribution is -2.29. The van der Waals surface area contributed by atoms with Gasteiger partial charge in [-0.15, -0.1) is 11.3 Å². The molecule has 1 aliphatic carbocycles. The van der Waals surface area contributed by atoms with Crippen molar-refractivity contribution in [3.8, 4) is 0 Å². The second-order valence-corrected chi connectivity index (χ2v) is 9.34. The van der Waals surface area contributed by atoms with Gasteiger partial charge in [-0.2, -0.15) is 0 Å². The smallest absolute Gasteiger partial charge is 0.262 e. The molecule has 8 heteroatoms. The quantitative estimate of drug-likeness (QED) is 0.539. The summed E-state index contributed by atoms with van der Waals surface area (Å²) in [5.41, 5.74) is 1.77. The molecule has 0 fully saturated rings. The van der Waals surface area contributed by atoms with Crippen LogP contribution in [-0.2, 0) is 24.2 Å². The fourth-order valence-electron chi connectivity index (χ4n) is 3.61. The molecule has 5 nitrogen and oxygen atoms in total. The number of hydrogen-bond acceptors (Lipinski definition) is 4. The number of aryl methyl sites for hydroxylation is 3. The number of carbonyl (C=O) groups is 1. The first-order valence-electron chi connectivity index (χ1n) is 9.17. The maximum absolute atomic E-state index is 13.0. The van der Waals surface area contributed by atoms with Crippen molar-refractivity contribution in [3.05, 3.63) is 54.8 Å². The lowest BCUT2D eigenvalue weighted by Gasteiger charge is -2.19. The van der Waals surface area contributed by atoms with Gasteiger partial charge < -0.3 is 4.90 Å². The number of amides is 1. The maximum atomic E-state index is 13.0. The number of aromatic nitrogens is 2. The summed E-state index contributed by atoms with van der Waals surface area (Å²) in [5, 5.41) is 1.24. The molecule has 1 amide bonds. The SMILES string of the molecule is CN(C(=O)CCn1cnc2sc3c(c2c1=O)CCCC3)c1ccc(Br)cc1Cl. The summed E-state index contributed by atoms with van der Waals surface area (Å²) in [6.07, 6.45) is 6.03. The van der Waals surface area contributed by atoms with Gasteiger partial charge in [0.05, 0.1) is 22.4 Å². The minimum absolute atomic E-state index is 0.0403. The standard InChI is InChI=1S/C20H19BrClN3O2S/c1-24(15-7-6-12(21)10-14(15)22)17(26)8-9-25-11-23-19-18(20(25)27)13-4-2-3-5-16(13)28-19/h6-7,10-11H,2-5,8-9H2,1H3. The first-order chi connectivity index (χ1) is 13.5. The number of carbonyl (C=O) groups excluding carboxylic acids is 1. The average molecular weight is 481 g/mol. The Morgan fingerprint density at radius 3 is 2.93 bits per heavy atom. The topological polar surface area (TPSA) is 55.2 Å². The third-order valence-corrected chi connectivity index (χ3v) is 7.15. The molecular weight excluding hydrogens is 462 g/mol. The van der Waals surface area contributed by atoms with Crippen molar-refractivity contribution in [1.82, 2.24) is 9.55 Å². The van der Waals surface area contributed by atoms with Gasteiger partial charge in [0, 0.05) is 29.4 Å². The zero-order valence-corrected chi connectivity index (χ0v) is 18.5. The van der Waals surface area contributed by atoms with Crippen molar-refractivity contribution >= 4 is 60.7 Å². The molecule has 4 rings (SSSR count). The number of halogens is 2. The van der Waals surface area contributed by atoms with Gasteiger partial charge in [-0.25, -0.2) is 4.98 Å². The Morgan fingerprint density at radius 2 is 2.14 bits per heavy atom. The third kappa shape index (κ3) is 3.63. The summed E-state index contributed by atoms with van der Waals surface area (Å²) in [5.74, 6) is -0.108. The third-order valence-electron chi connectivity index (χ3n) is 5.15. The highest BCUT2D eigenvalue weighted by Gasteiger charge is 2.20. The van der Waals surface area contributed by atoms with Gasteiger partial charge >= 0.3 is 0 Å². The second-order valence-electron chi connectivity index (χ2n) is 6.93. The molecular formula is C20H19BrClN3O2S. The molecule has 146 valence electrons. The zero-order valence-electron chi connectivity index (χ0n) is 15.4. The number of fused-ring (bicyclic) bond motifs is 3. The number of rotatable bonds is 4. The largest absolute Gasteiger partial charge is 0.314 e. The highest BCUT2D eigenvalue weighted by molar-refractivity contribution is 9.10. The highest BCUT2D eigenvalue weighted by atomic mass is 79.9. The van der Waals surface area contributed by atoms with E-state index in [4.69, 9.17) is 11.6 Å². The van der Waals surface area contributed by atoms with E-state index in [1.54, 1.807) is 41.4 Å². The summed E-state index contributed by atoms with van der Waals surface area (Å²) in [4.78, 5) is 33.7. The first-order valence-corrected chi connectivity index (χ1v) is 11.2. The molecule has 1 aromatic carbocycles. The molecule has 0 unspecified atom stereocenters. The van der Waals surface area contributed by atoms with E-state index >= 15 is 0 Å². The molecule has 28 heavy (non-hydrogen) atoms. The van der Waals surface area contributed by atoms with E-state index in [-0.39, 0.29) is 17.9 Å². The van der Waals surface area contributed by atoms with Crippen molar-refractivity contribution in [2.24, 2.45) is 0 Å². The van der Waals surface area contributed by atoms with E-state index in [2.05, 4.69) is 20.9 Å². The minimum Gasteiger partial charge on any atom is -0.314 e. The minimum atomic E-state index is -0.108. The summed E-state index contributed by atoms with van der Waals surface area (Å²) < 4.78 is 2.41. The average Bonchev–Trinajstić information content (AvgIpc) is 3.06. The van der Waals surface area contributed by atoms with Gasteiger partial charge in [-0.05, 0) is 49.4 Å². The van der Waals surface area contributed by atoms with Crippen molar-refractivity contribution in [1.29, 1.82) is 0 Å². The highest BCUT2D eigenvalue weighted by Crippen LogP contribution is 2.33. The van der Waals surface area contributed by atoms with Crippen LogP contribution in [0.25, 0.3) is 10.2 Å². The van der Waals surface area contributed by atoms with Crippen LogP contribution < -0.4 is 10.5 Å². The Morgan fingerprint density at radius 1 is 1.36 bits per heavy atom. The number of benzene rings is 1. The van der Waals surface area contributed by atoms with E-state index in [9.17, 15) is 9.59 Å². The van der Waals surface area contributed by atoms with E-state index in [0.717, 1.165) is 34.0 Å². The van der Waals surface area contributed by atoms with E-state index < -0.39 is 0 Å². The first kappa shape index (κ1) is 19.6. The zero-order chi connectivity index (χ0) is 19.8. The van der Waals surface area contributed by atoms with Crippen LogP contribution in [0.3, 0.4) is 0 Å². The number of anilines is 1. The fourth-order valence-corrected chi connectivity index (χ4v) is 5.63. The molecule has 3 aromatic rings. The van der Waals surface area contributed by atoms with Crippen molar-refractivity contribution < 1.29 is 4.79 Å². The van der Waals surface area contributed by atoms with Crippen LogP contribution in [0, 0.1) is 0 Å². The van der Waals surface area contributed by atoms with E-state index in [1.165, 1.54) is 21.8 Å². The van der Waals surface area contributed by atoms with E-state index in [1.807, 2.05) is 6.07 Å². The van der Waals surface area contributed by atoms with Gasteiger partial charge in [0.15, 0.2) is 0 Å². The van der Waals surface area contributed by atoms with Crippen molar-refractivity contribution in [3.63, 3.8) is 0 Å². The van der Waals surface area contributed by atoms with Gasteiger partial charge in [-0.3, -0.25) is 14.2 Å². The van der Waals surface area contributed by atoms with Crippen LogP contribution in [0.5, 0.6) is 0 Å². The summed E-state index contributed by atoms with van der Waals surface area (Å²) in [6, 6.07) is 5.39. The molecule has 2 heterocycles. The Kier molecular flexibility index (Phi) is 5.58. The predicted octanol–water partition coefficient (Wildman–Crippen LogP) is 4.81. The molecule has 0 aliphatic heterocycles. The van der Waals surface area contributed by atoms with Gasteiger partial charge in [0.2, 0.25) is 5.91 Å². The normalized spacial score (nSPS) is 13.5. The molecule has 0 saturated carbocycles. The summed E-state index contributed by atoms with van der Waals surface area (Å²) >= 11 is 11.2. The molecule has 0 spiro atoms. The fraction of sp³-hybridized carbons (Fsp3) is 0.350. The monoisotopic (exact) mass is 479 g/mol. The van der Waals surface area contributed by atoms with Gasteiger partial charge in [-0.1, -0.05) is 27.5 Å². The lowest BCUT2D eigenvalue weighted by atomic mass is 9.97. The summed E-state index contributed by atoms with van der Waals surface area (Å²) in [7, 11) is 1.69. The van der Waals surface area contributed by atoms with Crippen molar-refractivity contribution in [2.75, 3.05) is 11.9 Å². The molecule has 0 saturated heterocycles. The van der Waals surface area contributed by atoms with Crippen LogP contribution >= 0.6 is 38.9 Å². The van der Waals surface area contributed by atoms with Crippen LogP contribution in [0.1, 0.15) is 29.7 Å². The molecule has 0 N–H and O–H groups in total. The predicted molar refractivity (Wildman–Crippen MR) is 118 cm³/mol. The Balaban J connectivity index is 1.54. The number of nitrogens with zero attached hydrogens (tertiary/aromatic N) is 3.